The van der Waals surface area contributed by atoms with Gasteiger partial charge in [0.2, 0.25) is 11.0 Å². The van der Waals surface area contributed by atoms with Gasteiger partial charge in [0.15, 0.2) is 4.34 Å². The van der Waals surface area contributed by atoms with Crippen LogP contribution in [0.1, 0.15) is 46.0 Å². The zero-order valence-corrected chi connectivity index (χ0v) is 12.0. The van der Waals surface area contributed by atoms with E-state index < -0.39 is 0 Å². The van der Waals surface area contributed by atoms with Crippen molar-refractivity contribution in [3.63, 3.8) is 0 Å². The molecular formula is C11H19N3OS2. The predicted molar refractivity (Wildman–Crippen MR) is 73.7 cm³/mol. The number of rotatable bonds is 8. The summed E-state index contributed by atoms with van der Waals surface area (Å²) in [5.41, 5.74) is 0. The van der Waals surface area contributed by atoms with Crippen molar-refractivity contribution in [2.24, 2.45) is 0 Å². The van der Waals surface area contributed by atoms with Gasteiger partial charge >= 0.3 is 0 Å². The van der Waals surface area contributed by atoms with Crippen molar-refractivity contribution in [1.29, 1.82) is 0 Å². The largest absolute Gasteiger partial charge is 0.301 e. The van der Waals surface area contributed by atoms with E-state index in [0.717, 1.165) is 22.9 Å². The Morgan fingerprint density at radius 2 is 2.06 bits per heavy atom. The highest BCUT2D eigenvalue weighted by atomic mass is 32.2. The van der Waals surface area contributed by atoms with Crippen LogP contribution in [0.15, 0.2) is 4.34 Å². The Kier molecular flexibility index (Phi) is 7.19. The van der Waals surface area contributed by atoms with Crippen LogP contribution >= 0.6 is 23.1 Å². The van der Waals surface area contributed by atoms with Gasteiger partial charge < -0.3 is 5.32 Å². The standard InChI is InChI=1S/C11H19N3OS2/c1-3-5-7-9(15)12-10-13-14-11(17-10)16-8-6-4-2/h3-8H2,1-2H3,(H,12,13,15). The van der Waals surface area contributed by atoms with E-state index in [1.54, 1.807) is 11.8 Å². The van der Waals surface area contributed by atoms with Crippen LogP contribution < -0.4 is 5.32 Å². The molecule has 0 unspecified atom stereocenters. The topological polar surface area (TPSA) is 54.9 Å². The molecule has 0 radical (unpaired) electrons. The van der Waals surface area contributed by atoms with E-state index in [0.29, 0.717) is 11.6 Å². The fourth-order valence-corrected chi connectivity index (χ4v) is 3.06. The fraction of sp³-hybridized carbons (Fsp3) is 0.727. The summed E-state index contributed by atoms with van der Waals surface area (Å²) in [5, 5.41) is 11.4. The minimum Gasteiger partial charge on any atom is -0.301 e. The number of hydrogen-bond donors (Lipinski definition) is 1. The lowest BCUT2D eigenvalue weighted by Gasteiger charge is -1.98. The monoisotopic (exact) mass is 273 g/mol. The van der Waals surface area contributed by atoms with Crippen LogP contribution in [0.3, 0.4) is 0 Å². The van der Waals surface area contributed by atoms with Crippen LogP contribution in [0.2, 0.25) is 0 Å². The molecule has 0 bridgehead atoms. The number of aromatic nitrogens is 2. The number of nitrogens with one attached hydrogen (secondary N) is 1. The van der Waals surface area contributed by atoms with E-state index >= 15 is 0 Å². The van der Waals surface area contributed by atoms with E-state index in [1.165, 1.54) is 24.2 Å². The molecule has 17 heavy (non-hydrogen) atoms. The number of unbranched alkanes of at least 4 members (excludes halogenated alkanes) is 2. The summed E-state index contributed by atoms with van der Waals surface area (Å²) < 4.78 is 0.934. The quantitative estimate of drug-likeness (QED) is 0.447. The summed E-state index contributed by atoms with van der Waals surface area (Å²) >= 11 is 3.16. The number of carbonyl (C=O) groups is 1. The Hall–Kier alpha value is -0.620. The SMILES string of the molecule is CCCCSc1nnc(NC(=O)CCCC)s1. The van der Waals surface area contributed by atoms with E-state index in [9.17, 15) is 4.79 Å². The molecule has 0 aliphatic rings. The van der Waals surface area contributed by atoms with Gasteiger partial charge in [-0.15, -0.1) is 10.2 Å². The van der Waals surface area contributed by atoms with Crippen LogP contribution in [0.25, 0.3) is 0 Å². The molecule has 1 amide bonds. The molecule has 6 heteroatoms. The maximum absolute atomic E-state index is 11.5. The fourth-order valence-electron chi connectivity index (χ4n) is 1.14. The first kappa shape index (κ1) is 14.4. The minimum absolute atomic E-state index is 0.0353. The Bertz CT molecular complexity index is 341. The maximum atomic E-state index is 11.5. The van der Waals surface area contributed by atoms with Crippen LogP contribution in [0.4, 0.5) is 5.13 Å². The Balaban J connectivity index is 2.32. The molecule has 1 N–H and O–H groups in total. The predicted octanol–water partition coefficient (Wildman–Crippen LogP) is 3.56. The Labute approximate surface area is 111 Å². The number of nitrogens with zero attached hydrogens (tertiary/aromatic N) is 2. The zero-order valence-electron chi connectivity index (χ0n) is 10.4. The van der Waals surface area contributed by atoms with Crippen molar-refractivity contribution in [2.45, 2.75) is 50.3 Å². The van der Waals surface area contributed by atoms with Crippen LogP contribution in [0, 0.1) is 0 Å². The van der Waals surface area contributed by atoms with Gasteiger partial charge in [0.1, 0.15) is 0 Å². The molecule has 1 aromatic rings. The van der Waals surface area contributed by atoms with Crippen molar-refractivity contribution in [2.75, 3.05) is 11.1 Å². The second-order valence-electron chi connectivity index (χ2n) is 3.73. The molecule has 0 saturated heterocycles. The molecule has 0 fully saturated rings. The zero-order chi connectivity index (χ0) is 12.5. The molecule has 0 spiro atoms. The smallest absolute Gasteiger partial charge is 0.226 e. The van der Waals surface area contributed by atoms with Crippen molar-refractivity contribution in [1.82, 2.24) is 10.2 Å². The molecule has 0 atom stereocenters. The summed E-state index contributed by atoms with van der Waals surface area (Å²) in [5.74, 6) is 1.10. The van der Waals surface area contributed by atoms with Gasteiger partial charge in [0.25, 0.3) is 0 Å². The highest BCUT2D eigenvalue weighted by molar-refractivity contribution is 8.01. The van der Waals surface area contributed by atoms with Crippen molar-refractivity contribution in [3.05, 3.63) is 0 Å². The average Bonchev–Trinajstić information content (AvgIpc) is 2.74. The Morgan fingerprint density at radius 1 is 1.29 bits per heavy atom. The summed E-state index contributed by atoms with van der Waals surface area (Å²) in [6.07, 6.45) is 4.88. The molecule has 0 saturated carbocycles. The third-order valence-corrected chi connectivity index (χ3v) is 4.19. The number of thioether (sulfide) groups is 1. The van der Waals surface area contributed by atoms with Gasteiger partial charge in [0, 0.05) is 12.2 Å². The number of hydrogen-bond acceptors (Lipinski definition) is 5. The number of carbonyl (C=O) groups excluding carboxylic acids is 1. The van der Waals surface area contributed by atoms with Gasteiger partial charge in [-0.25, -0.2) is 0 Å². The normalized spacial score (nSPS) is 10.5. The molecular weight excluding hydrogens is 254 g/mol. The lowest BCUT2D eigenvalue weighted by molar-refractivity contribution is -0.116. The minimum atomic E-state index is 0.0353. The van der Waals surface area contributed by atoms with E-state index in [-0.39, 0.29) is 5.91 Å². The van der Waals surface area contributed by atoms with Crippen LogP contribution in [-0.2, 0) is 4.79 Å². The van der Waals surface area contributed by atoms with Gasteiger partial charge in [-0.05, 0) is 12.8 Å². The lowest BCUT2D eigenvalue weighted by atomic mass is 10.2. The third-order valence-electron chi connectivity index (χ3n) is 2.13. The summed E-state index contributed by atoms with van der Waals surface area (Å²) in [4.78, 5) is 11.5. The van der Waals surface area contributed by atoms with Crippen molar-refractivity contribution in [3.8, 4) is 0 Å². The summed E-state index contributed by atoms with van der Waals surface area (Å²) in [6.45, 7) is 4.24. The number of amides is 1. The first-order valence-electron chi connectivity index (χ1n) is 6.02. The van der Waals surface area contributed by atoms with Crippen LogP contribution in [0.5, 0.6) is 0 Å². The first-order valence-corrected chi connectivity index (χ1v) is 7.82. The molecule has 1 heterocycles. The van der Waals surface area contributed by atoms with Gasteiger partial charge in [-0.2, -0.15) is 0 Å². The highest BCUT2D eigenvalue weighted by Crippen LogP contribution is 2.26. The molecule has 0 aliphatic heterocycles. The van der Waals surface area contributed by atoms with Gasteiger partial charge in [-0.1, -0.05) is 49.8 Å². The van der Waals surface area contributed by atoms with E-state index in [4.69, 9.17) is 0 Å². The highest BCUT2D eigenvalue weighted by Gasteiger charge is 2.07. The second kappa shape index (κ2) is 8.47. The molecule has 1 rings (SSSR count). The number of anilines is 1. The summed E-state index contributed by atoms with van der Waals surface area (Å²) in [7, 11) is 0. The molecule has 1 aromatic heterocycles. The van der Waals surface area contributed by atoms with E-state index in [2.05, 4.69) is 29.4 Å². The molecule has 96 valence electrons. The molecule has 0 aromatic carbocycles. The Morgan fingerprint density at radius 3 is 2.76 bits per heavy atom. The van der Waals surface area contributed by atoms with Crippen LogP contribution in [-0.4, -0.2) is 21.9 Å². The second-order valence-corrected chi connectivity index (χ2v) is 6.05. The van der Waals surface area contributed by atoms with E-state index in [1.807, 2.05) is 0 Å². The van der Waals surface area contributed by atoms with Gasteiger partial charge in [-0.3, -0.25) is 4.79 Å². The summed E-state index contributed by atoms with van der Waals surface area (Å²) in [6, 6.07) is 0. The van der Waals surface area contributed by atoms with Crippen molar-refractivity contribution >= 4 is 34.1 Å². The molecule has 4 nitrogen and oxygen atoms in total. The van der Waals surface area contributed by atoms with Crippen molar-refractivity contribution < 1.29 is 4.79 Å². The first-order chi connectivity index (χ1) is 8.26. The van der Waals surface area contributed by atoms with Gasteiger partial charge in [0.05, 0.1) is 0 Å². The molecule has 0 aliphatic carbocycles. The lowest BCUT2D eigenvalue weighted by Crippen LogP contribution is -2.10. The third kappa shape index (κ3) is 6.02. The maximum Gasteiger partial charge on any atom is 0.226 e. The average molecular weight is 273 g/mol.